The molecule has 27 heavy (non-hydrogen) atoms. The first kappa shape index (κ1) is 19.3. The lowest BCUT2D eigenvalue weighted by Gasteiger charge is -2.19. The first-order valence-corrected chi connectivity index (χ1v) is 10.3. The quantitative estimate of drug-likeness (QED) is 0.644. The molecule has 0 aliphatic rings. The number of nitrogens with one attached hydrogen (secondary N) is 1. The van der Waals surface area contributed by atoms with Gasteiger partial charge in [-0.05, 0) is 41.3 Å². The van der Waals surface area contributed by atoms with Crippen LogP contribution in [0.2, 0.25) is 0 Å². The van der Waals surface area contributed by atoms with Gasteiger partial charge in [-0.2, -0.15) is 4.72 Å². The fourth-order valence-electron chi connectivity index (χ4n) is 2.61. The van der Waals surface area contributed by atoms with Crippen LogP contribution in [0.4, 0.5) is 4.39 Å². The molecule has 0 aliphatic carbocycles. The van der Waals surface area contributed by atoms with Crippen molar-refractivity contribution < 1.29 is 22.3 Å². The van der Waals surface area contributed by atoms with Crippen molar-refractivity contribution in [1.29, 1.82) is 0 Å². The van der Waals surface area contributed by atoms with E-state index in [1.54, 1.807) is 18.2 Å². The first-order valence-electron chi connectivity index (χ1n) is 7.98. The summed E-state index contributed by atoms with van der Waals surface area (Å²) in [6.07, 6.45) is 0. The second-order valence-electron chi connectivity index (χ2n) is 5.64. The summed E-state index contributed by atoms with van der Waals surface area (Å²) in [5.41, 5.74) is 0.629. The molecule has 8 heteroatoms. The Morgan fingerprint density at radius 3 is 2.37 bits per heavy atom. The minimum Gasteiger partial charge on any atom is -0.497 e. The van der Waals surface area contributed by atoms with Crippen molar-refractivity contribution in [3.63, 3.8) is 0 Å². The molecular formula is C19H18FNO4S2. The molecule has 1 atom stereocenters. The van der Waals surface area contributed by atoms with Crippen LogP contribution in [-0.2, 0) is 10.0 Å². The molecule has 0 spiro atoms. The van der Waals surface area contributed by atoms with Gasteiger partial charge >= 0.3 is 0 Å². The molecule has 1 N–H and O–H groups in total. The summed E-state index contributed by atoms with van der Waals surface area (Å²) in [6, 6.07) is 13.3. The molecule has 0 amide bonds. The van der Waals surface area contributed by atoms with Gasteiger partial charge in [0.2, 0.25) is 10.0 Å². The van der Waals surface area contributed by atoms with E-state index in [1.807, 2.05) is 17.5 Å². The predicted octanol–water partition coefficient (Wildman–Crippen LogP) is 3.97. The Kier molecular flexibility index (Phi) is 5.79. The number of hydrogen-bond donors (Lipinski definition) is 1. The van der Waals surface area contributed by atoms with E-state index < -0.39 is 16.1 Å². The lowest BCUT2D eigenvalue weighted by Crippen LogP contribution is -2.29. The van der Waals surface area contributed by atoms with E-state index in [1.165, 1.54) is 49.8 Å². The lowest BCUT2D eigenvalue weighted by molar-refractivity contribution is 0.391. The zero-order chi connectivity index (χ0) is 19.4. The molecule has 142 valence electrons. The average Bonchev–Trinajstić information content (AvgIpc) is 3.21. The largest absolute Gasteiger partial charge is 0.497 e. The average molecular weight is 407 g/mol. The van der Waals surface area contributed by atoms with Crippen LogP contribution in [0.1, 0.15) is 16.5 Å². The molecule has 0 saturated carbocycles. The molecule has 1 aromatic heterocycles. The summed E-state index contributed by atoms with van der Waals surface area (Å²) in [4.78, 5) is 0.750. The molecule has 2 aromatic carbocycles. The third-order valence-corrected chi connectivity index (χ3v) is 6.35. The number of halogens is 1. The Morgan fingerprint density at radius 2 is 1.78 bits per heavy atom. The van der Waals surface area contributed by atoms with Crippen LogP contribution in [0.3, 0.4) is 0 Å². The summed E-state index contributed by atoms with van der Waals surface area (Å²) in [6.45, 7) is 0. The van der Waals surface area contributed by atoms with E-state index in [0.717, 1.165) is 4.88 Å². The molecule has 0 fully saturated rings. The molecule has 0 saturated heterocycles. The van der Waals surface area contributed by atoms with Gasteiger partial charge in [-0.15, -0.1) is 11.3 Å². The maximum atomic E-state index is 13.3. The third-order valence-electron chi connectivity index (χ3n) is 3.96. The molecule has 0 aliphatic heterocycles. The highest BCUT2D eigenvalue weighted by Crippen LogP contribution is 2.32. The Morgan fingerprint density at radius 1 is 1.04 bits per heavy atom. The molecule has 5 nitrogen and oxygen atoms in total. The molecule has 0 bridgehead atoms. The highest BCUT2D eigenvalue weighted by atomic mass is 32.2. The summed E-state index contributed by atoms with van der Waals surface area (Å²) in [5.74, 6) is 0.207. The van der Waals surface area contributed by atoms with Gasteiger partial charge in [-0.1, -0.05) is 18.2 Å². The first-order chi connectivity index (χ1) is 12.9. The number of hydrogen-bond acceptors (Lipinski definition) is 5. The number of rotatable bonds is 7. The van der Waals surface area contributed by atoms with Gasteiger partial charge in [0, 0.05) is 10.9 Å². The maximum Gasteiger partial charge on any atom is 0.245 e. The maximum absolute atomic E-state index is 13.3. The van der Waals surface area contributed by atoms with Crippen molar-refractivity contribution in [2.45, 2.75) is 10.9 Å². The SMILES string of the molecule is COc1ccc(OC)c(S(=O)(=O)N[C@@H](c2ccc(F)cc2)c2cccs2)c1. The Hall–Kier alpha value is -2.42. The molecule has 0 unspecified atom stereocenters. The van der Waals surface area contributed by atoms with Gasteiger partial charge in [-0.25, -0.2) is 12.8 Å². The fraction of sp³-hybridized carbons (Fsp3) is 0.158. The van der Waals surface area contributed by atoms with Gasteiger partial charge in [0.25, 0.3) is 0 Å². The Labute approximate surface area is 161 Å². The monoisotopic (exact) mass is 407 g/mol. The zero-order valence-electron chi connectivity index (χ0n) is 14.7. The van der Waals surface area contributed by atoms with Crippen molar-refractivity contribution in [3.05, 3.63) is 76.2 Å². The highest BCUT2D eigenvalue weighted by molar-refractivity contribution is 7.89. The van der Waals surface area contributed by atoms with Crippen molar-refractivity contribution in [3.8, 4) is 11.5 Å². The van der Waals surface area contributed by atoms with Crippen LogP contribution in [0.5, 0.6) is 11.5 Å². The third kappa shape index (κ3) is 4.29. The minimum atomic E-state index is -3.96. The standard InChI is InChI=1S/C19H18FNO4S2/c1-24-15-9-10-16(25-2)18(12-15)27(22,23)21-19(17-4-3-11-26-17)13-5-7-14(20)8-6-13/h3-12,19,21H,1-2H3/t19-/m0/s1. The highest BCUT2D eigenvalue weighted by Gasteiger charge is 2.27. The summed E-state index contributed by atoms with van der Waals surface area (Å²) < 4.78 is 52.6. The van der Waals surface area contributed by atoms with Crippen molar-refractivity contribution in [1.82, 2.24) is 4.72 Å². The smallest absolute Gasteiger partial charge is 0.245 e. The normalized spacial score (nSPS) is 12.6. The van der Waals surface area contributed by atoms with E-state index in [9.17, 15) is 12.8 Å². The molecular weight excluding hydrogens is 389 g/mol. The van der Waals surface area contributed by atoms with E-state index in [-0.39, 0.29) is 16.5 Å². The van der Waals surface area contributed by atoms with Gasteiger partial charge in [0.15, 0.2) is 0 Å². The van der Waals surface area contributed by atoms with E-state index >= 15 is 0 Å². The topological polar surface area (TPSA) is 64.6 Å². The fourth-order valence-corrected chi connectivity index (χ4v) is 4.88. The molecule has 0 radical (unpaired) electrons. The second kappa shape index (κ2) is 8.08. The lowest BCUT2D eigenvalue weighted by atomic mass is 10.1. The van der Waals surface area contributed by atoms with Gasteiger partial charge in [-0.3, -0.25) is 0 Å². The van der Waals surface area contributed by atoms with Crippen LogP contribution >= 0.6 is 11.3 Å². The van der Waals surface area contributed by atoms with Gasteiger partial charge < -0.3 is 9.47 Å². The van der Waals surface area contributed by atoms with Crippen molar-refractivity contribution in [2.24, 2.45) is 0 Å². The number of thiophene rings is 1. The molecule has 3 aromatic rings. The number of benzene rings is 2. The van der Waals surface area contributed by atoms with E-state index in [2.05, 4.69) is 4.72 Å². The summed E-state index contributed by atoms with van der Waals surface area (Å²) in [5, 5.41) is 1.85. The summed E-state index contributed by atoms with van der Waals surface area (Å²) >= 11 is 1.41. The van der Waals surface area contributed by atoms with Crippen molar-refractivity contribution >= 4 is 21.4 Å². The van der Waals surface area contributed by atoms with E-state index in [4.69, 9.17) is 9.47 Å². The minimum absolute atomic E-state index is 0.0342. The van der Waals surface area contributed by atoms with Gasteiger partial charge in [0.05, 0.1) is 20.3 Å². The van der Waals surface area contributed by atoms with Crippen LogP contribution in [0.15, 0.2) is 64.9 Å². The van der Waals surface area contributed by atoms with Crippen LogP contribution in [-0.4, -0.2) is 22.6 Å². The number of methoxy groups -OCH3 is 2. The number of ether oxygens (including phenoxy) is 2. The number of sulfonamides is 1. The molecule has 1 heterocycles. The Balaban J connectivity index is 2.04. The van der Waals surface area contributed by atoms with Gasteiger partial charge in [0.1, 0.15) is 22.2 Å². The predicted molar refractivity (Wildman–Crippen MR) is 102 cm³/mol. The van der Waals surface area contributed by atoms with Crippen molar-refractivity contribution in [2.75, 3.05) is 14.2 Å². The van der Waals surface area contributed by atoms with Crippen LogP contribution in [0.25, 0.3) is 0 Å². The van der Waals surface area contributed by atoms with Crippen LogP contribution in [0, 0.1) is 5.82 Å². The molecule has 3 rings (SSSR count). The zero-order valence-corrected chi connectivity index (χ0v) is 16.3. The Bertz CT molecular complexity index is 1000. The summed E-state index contributed by atoms with van der Waals surface area (Å²) in [7, 11) is -1.10. The second-order valence-corrected chi connectivity index (χ2v) is 8.30. The van der Waals surface area contributed by atoms with E-state index in [0.29, 0.717) is 11.3 Å². The van der Waals surface area contributed by atoms with Crippen LogP contribution < -0.4 is 14.2 Å².